The number of nitrogens with one attached hydrogen (secondary N) is 1. The highest BCUT2D eigenvalue weighted by Crippen LogP contribution is 2.13. The fourth-order valence-electron chi connectivity index (χ4n) is 2.46. The van der Waals surface area contributed by atoms with E-state index in [2.05, 4.69) is 45.7 Å². The molecule has 4 heteroatoms. The summed E-state index contributed by atoms with van der Waals surface area (Å²) in [4.78, 5) is 9.32. The van der Waals surface area contributed by atoms with Crippen molar-refractivity contribution in [2.24, 2.45) is 0 Å². The van der Waals surface area contributed by atoms with Gasteiger partial charge >= 0.3 is 0 Å². The van der Waals surface area contributed by atoms with E-state index in [9.17, 15) is 0 Å². The van der Waals surface area contributed by atoms with Gasteiger partial charge in [0.2, 0.25) is 0 Å². The number of aromatic nitrogens is 1. The molecule has 0 saturated carbocycles. The number of nitrogens with zero attached hydrogens (tertiary/aromatic N) is 3. The third kappa shape index (κ3) is 4.04. The van der Waals surface area contributed by atoms with E-state index in [1.807, 2.05) is 18.3 Å². The zero-order valence-electron chi connectivity index (χ0n) is 11.8. The van der Waals surface area contributed by atoms with Crippen LogP contribution < -0.4 is 10.2 Å². The zero-order valence-corrected chi connectivity index (χ0v) is 11.8. The van der Waals surface area contributed by atoms with Crippen LogP contribution >= 0.6 is 0 Å². The third-order valence-corrected chi connectivity index (χ3v) is 3.64. The minimum atomic E-state index is 0.575. The van der Waals surface area contributed by atoms with E-state index in [0.29, 0.717) is 6.04 Å². The van der Waals surface area contributed by atoms with E-state index >= 15 is 0 Å². The molecule has 4 nitrogen and oxygen atoms in total. The highest BCUT2D eigenvalue weighted by atomic mass is 15.3. The Balaban J connectivity index is 1.77. The van der Waals surface area contributed by atoms with Crippen molar-refractivity contribution in [2.75, 3.05) is 44.2 Å². The summed E-state index contributed by atoms with van der Waals surface area (Å²) >= 11 is 0. The maximum absolute atomic E-state index is 4.42. The van der Waals surface area contributed by atoms with E-state index in [1.165, 1.54) is 0 Å². The lowest BCUT2D eigenvalue weighted by Gasteiger charge is -2.38. The second-order valence-corrected chi connectivity index (χ2v) is 5.01. The van der Waals surface area contributed by atoms with Crippen molar-refractivity contribution in [2.45, 2.75) is 13.0 Å². The molecule has 1 aliphatic heterocycles. The first kappa shape index (κ1) is 14.0. The molecule has 1 fully saturated rings. The summed E-state index contributed by atoms with van der Waals surface area (Å²) in [6.45, 7) is 12.2. The lowest BCUT2D eigenvalue weighted by atomic mass is 10.2. The van der Waals surface area contributed by atoms with Crippen molar-refractivity contribution >= 4 is 5.82 Å². The van der Waals surface area contributed by atoms with Gasteiger partial charge in [-0.15, -0.1) is 6.58 Å². The molecule has 1 saturated heterocycles. The monoisotopic (exact) mass is 260 g/mol. The second kappa shape index (κ2) is 7.26. The van der Waals surface area contributed by atoms with Crippen LogP contribution in [0.25, 0.3) is 0 Å². The molecule has 0 aromatic carbocycles. The molecular weight excluding hydrogens is 236 g/mol. The first-order valence-electron chi connectivity index (χ1n) is 7.03. The van der Waals surface area contributed by atoms with Crippen molar-refractivity contribution in [3.8, 4) is 0 Å². The molecule has 2 rings (SSSR count). The first-order valence-corrected chi connectivity index (χ1v) is 7.03. The van der Waals surface area contributed by atoms with Gasteiger partial charge < -0.3 is 10.2 Å². The minimum Gasteiger partial charge on any atom is -0.354 e. The van der Waals surface area contributed by atoms with Gasteiger partial charge in [-0.05, 0) is 19.1 Å². The molecule has 1 aliphatic rings. The largest absolute Gasteiger partial charge is 0.354 e. The molecule has 0 radical (unpaired) electrons. The molecule has 1 atom stereocenters. The lowest BCUT2D eigenvalue weighted by molar-refractivity contribution is 0.194. The number of pyridine rings is 1. The molecule has 1 N–H and O–H groups in total. The normalized spacial score (nSPS) is 18.3. The maximum atomic E-state index is 4.42. The summed E-state index contributed by atoms with van der Waals surface area (Å²) in [7, 11) is 0. The predicted molar refractivity (Wildman–Crippen MR) is 80.6 cm³/mol. The number of rotatable bonds is 6. The molecule has 2 heterocycles. The van der Waals surface area contributed by atoms with Crippen LogP contribution in [-0.4, -0.2) is 55.2 Å². The van der Waals surface area contributed by atoms with Gasteiger partial charge in [0.05, 0.1) is 0 Å². The van der Waals surface area contributed by atoms with Gasteiger partial charge in [-0.2, -0.15) is 0 Å². The molecule has 0 amide bonds. The number of piperazine rings is 1. The summed E-state index contributed by atoms with van der Waals surface area (Å²) in [5.41, 5.74) is 0. The second-order valence-electron chi connectivity index (χ2n) is 5.01. The van der Waals surface area contributed by atoms with Gasteiger partial charge in [0.25, 0.3) is 0 Å². The summed E-state index contributed by atoms with van der Waals surface area (Å²) in [5, 5.41) is 3.39. The topological polar surface area (TPSA) is 31.4 Å². The van der Waals surface area contributed by atoms with E-state index in [4.69, 9.17) is 0 Å². The molecule has 1 aromatic heterocycles. The van der Waals surface area contributed by atoms with Crippen LogP contribution in [-0.2, 0) is 0 Å². The predicted octanol–water partition coefficient (Wildman–Crippen LogP) is 1.37. The Morgan fingerprint density at radius 2 is 2.16 bits per heavy atom. The lowest BCUT2D eigenvalue weighted by Crippen LogP contribution is -2.52. The number of hydrogen-bond acceptors (Lipinski definition) is 4. The standard InChI is InChI=1S/C15H24N4/c1-3-7-16-13-14(2)18-9-11-19(12-10-18)15-6-4-5-8-17-15/h3-6,8,14,16H,1,7,9-13H2,2H3. The zero-order chi connectivity index (χ0) is 13.5. The first-order chi connectivity index (χ1) is 9.31. The molecule has 0 aliphatic carbocycles. The van der Waals surface area contributed by atoms with Gasteiger partial charge in [0.15, 0.2) is 0 Å². The van der Waals surface area contributed by atoms with Gasteiger partial charge in [0, 0.05) is 51.5 Å². The van der Waals surface area contributed by atoms with E-state index in [0.717, 1.165) is 45.1 Å². The van der Waals surface area contributed by atoms with Crippen molar-refractivity contribution in [1.29, 1.82) is 0 Å². The van der Waals surface area contributed by atoms with Crippen LogP contribution in [0.4, 0.5) is 5.82 Å². The van der Waals surface area contributed by atoms with E-state index in [-0.39, 0.29) is 0 Å². The molecule has 1 aromatic rings. The Hall–Kier alpha value is -1.39. The maximum Gasteiger partial charge on any atom is 0.128 e. The van der Waals surface area contributed by atoms with Crippen molar-refractivity contribution < 1.29 is 0 Å². The molecule has 0 spiro atoms. The molecule has 19 heavy (non-hydrogen) atoms. The van der Waals surface area contributed by atoms with Gasteiger partial charge in [-0.1, -0.05) is 12.1 Å². The van der Waals surface area contributed by atoms with Gasteiger partial charge in [-0.25, -0.2) is 4.98 Å². The van der Waals surface area contributed by atoms with E-state index < -0.39 is 0 Å². The number of hydrogen-bond donors (Lipinski definition) is 1. The Morgan fingerprint density at radius 1 is 1.37 bits per heavy atom. The van der Waals surface area contributed by atoms with E-state index in [1.54, 1.807) is 0 Å². The third-order valence-electron chi connectivity index (χ3n) is 3.64. The Labute approximate surface area is 116 Å². The smallest absolute Gasteiger partial charge is 0.128 e. The van der Waals surface area contributed by atoms with Crippen LogP contribution in [0.3, 0.4) is 0 Å². The van der Waals surface area contributed by atoms with Crippen LogP contribution in [0.1, 0.15) is 6.92 Å². The summed E-state index contributed by atoms with van der Waals surface area (Å²) < 4.78 is 0. The van der Waals surface area contributed by atoms with Crippen molar-refractivity contribution in [3.63, 3.8) is 0 Å². The fourth-order valence-corrected chi connectivity index (χ4v) is 2.46. The van der Waals surface area contributed by atoms with Crippen LogP contribution in [0.15, 0.2) is 37.1 Å². The van der Waals surface area contributed by atoms with Gasteiger partial charge in [0.1, 0.15) is 5.82 Å². The number of anilines is 1. The quantitative estimate of drug-likeness (QED) is 0.618. The average Bonchev–Trinajstić information content (AvgIpc) is 2.48. The molecule has 104 valence electrons. The molecular formula is C15H24N4. The van der Waals surface area contributed by atoms with Crippen LogP contribution in [0.5, 0.6) is 0 Å². The SMILES string of the molecule is C=CCNCC(C)N1CCN(c2ccccn2)CC1. The Bertz CT molecular complexity index is 371. The Morgan fingerprint density at radius 3 is 2.79 bits per heavy atom. The van der Waals surface area contributed by atoms with Crippen LogP contribution in [0, 0.1) is 0 Å². The molecule has 1 unspecified atom stereocenters. The fraction of sp³-hybridized carbons (Fsp3) is 0.533. The highest BCUT2D eigenvalue weighted by molar-refractivity contribution is 5.38. The minimum absolute atomic E-state index is 0.575. The highest BCUT2D eigenvalue weighted by Gasteiger charge is 2.21. The van der Waals surface area contributed by atoms with Crippen molar-refractivity contribution in [3.05, 3.63) is 37.1 Å². The summed E-state index contributed by atoms with van der Waals surface area (Å²) in [5.74, 6) is 1.10. The van der Waals surface area contributed by atoms with Crippen LogP contribution in [0.2, 0.25) is 0 Å². The van der Waals surface area contributed by atoms with Gasteiger partial charge in [-0.3, -0.25) is 4.90 Å². The Kier molecular flexibility index (Phi) is 5.36. The summed E-state index contributed by atoms with van der Waals surface area (Å²) in [6, 6.07) is 6.68. The average molecular weight is 260 g/mol. The summed E-state index contributed by atoms with van der Waals surface area (Å²) in [6.07, 6.45) is 3.77. The molecule has 0 bridgehead atoms. The van der Waals surface area contributed by atoms with Crippen molar-refractivity contribution in [1.82, 2.24) is 15.2 Å².